The van der Waals surface area contributed by atoms with Gasteiger partial charge in [-0.15, -0.1) is 0 Å². The summed E-state index contributed by atoms with van der Waals surface area (Å²) in [5.41, 5.74) is 3.03. The highest BCUT2D eigenvalue weighted by molar-refractivity contribution is 5.93. The average molecular weight is 555 g/mol. The van der Waals surface area contributed by atoms with Gasteiger partial charge in [0.2, 0.25) is 0 Å². The Labute approximate surface area is 239 Å². The molecular weight excluding hydrogens is 508 g/mol. The minimum Gasteiger partial charge on any atom is -0.496 e. The lowest BCUT2D eigenvalue weighted by Crippen LogP contribution is -2.49. The van der Waals surface area contributed by atoms with E-state index in [0.717, 1.165) is 82.0 Å². The van der Waals surface area contributed by atoms with Gasteiger partial charge in [0.25, 0.3) is 0 Å². The van der Waals surface area contributed by atoms with Gasteiger partial charge >= 0.3 is 6.03 Å². The lowest BCUT2D eigenvalue weighted by atomic mass is 10.1. The van der Waals surface area contributed by atoms with Crippen molar-refractivity contribution < 1.29 is 24.1 Å². The van der Waals surface area contributed by atoms with Gasteiger partial charge < -0.3 is 24.2 Å². The van der Waals surface area contributed by atoms with Crippen LogP contribution in [0.15, 0.2) is 36.4 Å². The number of nitrogens with zero attached hydrogens (tertiary/aromatic N) is 4. The molecule has 0 saturated carbocycles. The molecule has 0 radical (unpaired) electrons. The Balaban J connectivity index is 1.40. The predicted molar refractivity (Wildman–Crippen MR) is 158 cm³/mol. The topological polar surface area (TPSA) is 78.0 Å². The fourth-order valence-corrected chi connectivity index (χ4v) is 5.44. The summed E-state index contributed by atoms with van der Waals surface area (Å²) < 4.78 is 17.3. The van der Waals surface area contributed by atoms with E-state index in [2.05, 4.69) is 34.9 Å². The van der Waals surface area contributed by atoms with Gasteiger partial charge in [0, 0.05) is 69.7 Å². The zero-order valence-electron chi connectivity index (χ0n) is 24.4. The molecule has 0 spiro atoms. The first kappa shape index (κ1) is 30.0. The highest BCUT2D eigenvalue weighted by atomic mass is 16.5. The number of urea groups is 1. The van der Waals surface area contributed by atoms with E-state index in [4.69, 9.17) is 14.2 Å². The molecule has 2 aliphatic heterocycles. The van der Waals surface area contributed by atoms with Crippen LogP contribution in [0.25, 0.3) is 0 Å². The Hall–Kier alpha value is -3.01. The number of carbonyl (C=O) groups is 1. The average Bonchev–Trinajstić information content (AvgIpc) is 2.98. The number of unbranched alkanes of at least 4 members (excludes halogenated alkanes) is 2. The highest BCUT2D eigenvalue weighted by Gasteiger charge is 2.28. The summed E-state index contributed by atoms with van der Waals surface area (Å²) in [6.07, 6.45) is 4.12. The molecule has 2 amide bonds. The first-order chi connectivity index (χ1) is 19.6. The van der Waals surface area contributed by atoms with Crippen molar-refractivity contribution in [1.29, 1.82) is 0 Å². The molecule has 2 saturated heterocycles. The standard InChI is InChI=1S/C31H46N4O5/c1-4-5-6-20-40-30-22-27(10-11-28(30)38-2)35-13-7-12-34(31(35)37)24-26-9-8-25(21-29(26)39-3)23-33-16-14-32(15-17-33)18-19-36/h8-11,21-22,36H,4-7,12-20,23-24H2,1-3H3. The Bertz CT molecular complexity index is 1090. The number of piperazine rings is 1. The van der Waals surface area contributed by atoms with Gasteiger partial charge in [-0.25, -0.2) is 4.79 Å². The minimum absolute atomic E-state index is 0.0137. The Morgan fingerprint density at radius 2 is 1.60 bits per heavy atom. The fraction of sp³-hybridized carbons (Fsp3) is 0.581. The van der Waals surface area contributed by atoms with Gasteiger partial charge in [0.1, 0.15) is 5.75 Å². The van der Waals surface area contributed by atoms with Crippen molar-refractivity contribution >= 4 is 11.7 Å². The van der Waals surface area contributed by atoms with E-state index in [1.54, 1.807) is 14.2 Å². The highest BCUT2D eigenvalue weighted by Crippen LogP contribution is 2.34. The SMILES string of the molecule is CCCCCOc1cc(N2CCCN(Cc3ccc(CN4CCN(CCO)CC4)cc3OC)C2=O)ccc1OC. The van der Waals surface area contributed by atoms with E-state index in [1.165, 1.54) is 5.56 Å². The van der Waals surface area contributed by atoms with Gasteiger partial charge in [0.05, 0.1) is 34.0 Å². The first-order valence-electron chi connectivity index (χ1n) is 14.6. The molecule has 0 unspecified atom stereocenters. The maximum absolute atomic E-state index is 13.6. The van der Waals surface area contributed by atoms with Crippen molar-refractivity contribution in [2.24, 2.45) is 0 Å². The third-order valence-electron chi connectivity index (χ3n) is 7.78. The van der Waals surface area contributed by atoms with Crippen molar-refractivity contribution in [3.63, 3.8) is 0 Å². The second kappa shape index (κ2) is 15.1. The molecule has 2 aromatic carbocycles. The van der Waals surface area contributed by atoms with E-state index in [0.29, 0.717) is 37.7 Å². The van der Waals surface area contributed by atoms with Crippen LogP contribution in [-0.4, -0.2) is 99.1 Å². The van der Waals surface area contributed by atoms with Crippen LogP contribution in [0.4, 0.5) is 10.5 Å². The van der Waals surface area contributed by atoms with E-state index in [-0.39, 0.29) is 12.6 Å². The second-order valence-electron chi connectivity index (χ2n) is 10.6. The molecule has 40 heavy (non-hydrogen) atoms. The predicted octanol–water partition coefficient (Wildman–Crippen LogP) is 4.22. The van der Waals surface area contributed by atoms with Crippen LogP contribution >= 0.6 is 0 Å². The number of hydrogen-bond donors (Lipinski definition) is 1. The molecule has 0 bridgehead atoms. The Kier molecular flexibility index (Phi) is 11.3. The molecule has 2 fully saturated rings. The number of benzene rings is 2. The second-order valence-corrected chi connectivity index (χ2v) is 10.6. The number of amides is 2. The lowest BCUT2D eigenvalue weighted by molar-refractivity contribution is 0.108. The van der Waals surface area contributed by atoms with Crippen LogP contribution in [-0.2, 0) is 13.1 Å². The molecule has 2 aliphatic rings. The third kappa shape index (κ3) is 7.80. The number of β-amino-alcohol motifs (C(OH)–C–C–N with tert-alkyl or cyclic N) is 1. The van der Waals surface area contributed by atoms with Crippen LogP contribution in [0.2, 0.25) is 0 Å². The first-order valence-corrected chi connectivity index (χ1v) is 14.6. The Morgan fingerprint density at radius 3 is 2.33 bits per heavy atom. The van der Waals surface area contributed by atoms with Crippen molar-refractivity contribution in [3.8, 4) is 17.2 Å². The Morgan fingerprint density at radius 1 is 0.825 bits per heavy atom. The molecule has 2 heterocycles. The van der Waals surface area contributed by atoms with Gasteiger partial charge in [-0.05, 0) is 36.6 Å². The molecule has 1 N–H and O–H groups in total. The molecule has 220 valence electrons. The maximum Gasteiger partial charge on any atom is 0.324 e. The number of carbonyl (C=O) groups excluding carboxylic acids is 1. The lowest BCUT2D eigenvalue weighted by Gasteiger charge is -2.36. The van der Waals surface area contributed by atoms with Crippen LogP contribution in [0.3, 0.4) is 0 Å². The van der Waals surface area contributed by atoms with E-state index in [9.17, 15) is 9.90 Å². The largest absolute Gasteiger partial charge is 0.496 e. The smallest absolute Gasteiger partial charge is 0.324 e. The fourth-order valence-electron chi connectivity index (χ4n) is 5.44. The van der Waals surface area contributed by atoms with Crippen molar-refractivity contribution in [3.05, 3.63) is 47.5 Å². The number of anilines is 1. The molecular formula is C31H46N4O5. The van der Waals surface area contributed by atoms with Crippen LogP contribution < -0.4 is 19.1 Å². The van der Waals surface area contributed by atoms with E-state index in [1.807, 2.05) is 28.0 Å². The number of aliphatic hydroxyl groups is 1. The number of aliphatic hydroxyl groups excluding tert-OH is 1. The van der Waals surface area contributed by atoms with Crippen LogP contribution in [0.1, 0.15) is 43.7 Å². The summed E-state index contributed by atoms with van der Waals surface area (Å²) in [5.74, 6) is 2.17. The van der Waals surface area contributed by atoms with Crippen molar-refractivity contribution in [1.82, 2.24) is 14.7 Å². The monoisotopic (exact) mass is 554 g/mol. The zero-order chi connectivity index (χ0) is 28.3. The van der Waals surface area contributed by atoms with E-state index < -0.39 is 0 Å². The summed E-state index contributed by atoms with van der Waals surface area (Å²) in [4.78, 5) is 22.1. The van der Waals surface area contributed by atoms with Crippen molar-refractivity contribution in [2.75, 3.05) is 78.1 Å². The van der Waals surface area contributed by atoms with E-state index >= 15 is 0 Å². The summed E-state index contributed by atoms with van der Waals surface area (Å²) in [6, 6.07) is 12.1. The molecule has 0 aromatic heterocycles. The summed E-state index contributed by atoms with van der Waals surface area (Å²) in [6.45, 7) is 10.4. The van der Waals surface area contributed by atoms with Gasteiger partial charge in [-0.1, -0.05) is 31.9 Å². The normalized spacial score (nSPS) is 16.9. The molecule has 4 rings (SSSR count). The number of methoxy groups -OCH3 is 2. The van der Waals surface area contributed by atoms with Crippen LogP contribution in [0, 0.1) is 0 Å². The molecule has 9 nitrogen and oxygen atoms in total. The minimum atomic E-state index is -0.0137. The number of hydrogen-bond acceptors (Lipinski definition) is 7. The zero-order valence-corrected chi connectivity index (χ0v) is 24.4. The molecule has 2 aromatic rings. The summed E-state index contributed by atoms with van der Waals surface area (Å²) in [5, 5.41) is 9.18. The van der Waals surface area contributed by atoms with Crippen LogP contribution in [0.5, 0.6) is 17.2 Å². The quantitative estimate of drug-likeness (QED) is 0.351. The third-order valence-corrected chi connectivity index (χ3v) is 7.78. The van der Waals surface area contributed by atoms with Crippen molar-refractivity contribution in [2.45, 2.75) is 45.7 Å². The molecule has 0 aliphatic carbocycles. The molecule has 0 atom stereocenters. The number of ether oxygens (including phenoxy) is 3. The van der Waals surface area contributed by atoms with Gasteiger partial charge in [-0.3, -0.25) is 14.7 Å². The summed E-state index contributed by atoms with van der Waals surface area (Å²) in [7, 11) is 3.33. The van der Waals surface area contributed by atoms with Gasteiger partial charge in [0.15, 0.2) is 11.5 Å². The summed E-state index contributed by atoms with van der Waals surface area (Å²) >= 11 is 0. The maximum atomic E-state index is 13.6. The van der Waals surface area contributed by atoms with Gasteiger partial charge in [-0.2, -0.15) is 0 Å². The number of rotatable bonds is 14. The molecule has 9 heteroatoms.